The van der Waals surface area contributed by atoms with Crippen LogP contribution in [0.3, 0.4) is 0 Å². The average Bonchev–Trinajstić information content (AvgIpc) is 3.33. The first kappa shape index (κ1) is 23.3. The van der Waals surface area contributed by atoms with Crippen molar-refractivity contribution < 1.29 is 13.2 Å². The number of alkyl halides is 3. The summed E-state index contributed by atoms with van der Waals surface area (Å²) in [5, 5.41) is 13.7. The van der Waals surface area contributed by atoms with Gasteiger partial charge in [0.2, 0.25) is 0 Å². The van der Waals surface area contributed by atoms with Crippen LogP contribution in [0.1, 0.15) is 18.4 Å². The zero-order valence-corrected chi connectivity index (χ0v) is 18.7. The van der Waals surface area contributed by atoms with E-state index in [9.17, 15) is 18.0 Å². The van der Waals surface area contributed by atoms with E-state index in [1.807, 2.05) is 18.2 Å². The Morgan fingerprint density at radius 1 is 0.970 bits per heavy atom. The van der Waals surface area contributed by atoms with E-state index in [1.165, 1.54) is 0 Å². The van der Waals surface area contributed by atoms with Crippen LogP contribution in [0.5, 0.6) is 0 Å². The van der Waals surface area contributed by atoms with Gasteiger partial charge in [-0.1, -0.05) is 41.4 Å². The minimum atomic E-state index is -4.41. The summed E-state index contributed by atoms with van der Waals surface area (Å²) in [4.78, 5) is 12.9. The highest BCUT2D eigenvalue weighted by Gasteiger charge is 2.29. The van der Waals surface area contributed by atoms with Crippen molar-refractivity contribution in [1.29, 1.82) is 0 Å². The van der Waals surface area contributed by atoms with Gasteiger partial charge in [-0.25, -0.2) is 9.48 Å². The van der Waals surface area contributed by atoms with Crippen LogP contribution in [-0.4, -0.2) is 31.9 Å². The van der Waals surface area contributed by atoms with E-state index in [0.29, 0.717) is 34.2 Å². The monoisotopic (exact) mass is 495 g/mol. The van der Waals surface area contributed by atoms with Gasteiger partial charge in [-0.2, -0.15) is 23.4 Å². The highest BCUT2D eigenvalue weighted by Crippen LogP contribution is 2.24. The highest BCUT2D eigenvalue weighted by molar-refractivity contribution is 6.31. The Bertz CT molecular complexity index is 1280. The van der Waals surface area contributed by atoms with Crippen molar-refractivity contribution in [3.05, 3.63) is 74.6 Å². The summed E-state index contributed by atoms with van der Waals surface area (Å²) >= 11 is 12.1. The Hall–Kier alpha value is -2.91. The lowest BCUT2D eigenvalue weighted by Crippen LogP contribution is -2.29. The maximum Gasteiger partial charge on any atom is 0.390 e. The summed E-state index contributed by atoms with van der Waals surface area (Å²) in [5.41, 5.74) is 2.11. The Morgan fingerprint density at radius 2 is 1.67 bits per heavy atom. The van der Waals surface area contributed by atoms with Crippen molar-refractivity contribution in [2.45, 2.75) is 38.5 Å². The molecule has 3 aromatic rings. The van der Waals surface area contributed by atoms with Gasteiger partial charge in [-0.3, -0.25) is 4.57 Å². The molecule has 0 aliphatic carbocycles. The van der Waals surface area contributed by atoms with Crippen LogP contribution in [0.25, 0.3) is 11.4 Å². The topological polar surface area (TPSA) is 64.5 Å². The molecule has 1 aliphatic heterocycles. The molecule has 0 atom stereocenters. The molecular weight excluding hydrogens is 478 g/mol. The summed E-state index contributed by atoms with van der Waals surface area (Å²) in [7, 11) is 0. The molecule has 0 bridgehead atoms. The number of benzene rings is 2. The molecule has 1 aliphatic rings. The van der Waals surface area contributed by atoms with Gasteiger partial charge in [0.1, 0.15) is 0 Å². The molecule has 0 saturated carbocycles. The van der Waals surface area contributed by atoms with Gasteiger partial charge in [0.15, 0.2) is 5.82 Å². The third-order valence-electron chi connectivity index (χ3n) is 5.07. The lowest BCUT2D eigenvalue weighted by atomic mass is 10.0. The summed E-state index contributed by atoms with van der Waals surface area (Å²) in [6, 6.07) is 13.8. The van der Waals surface area contributed by atoms with E-state index < -0.39 is 24.8 Å². The smallest absolute Gasteiger partial charge is 0.275 e. The molecule has 1 aromatic heterocycles. The second kappa shape index (κ2) is 9.52. The molecule has 11 heteroatoms. The maximum atomic E-state index is 12.9. The molecule has 172 valence electrons. The number of aromatic nitrogens is 3. The van der Waals surface area contributed by atoms with Crippen molar-refractivity contribution >= 4 is 34.6 Å². The van der Waals surface area contributed by atoms with Gasteiger partial charge in [-0.05, 0) is 35.9 Å². The second-order valence-corrected chi connectivity index (χ2v) is 8.41. The van der Waals surface area contributed by atoms with Crippen LogP contribution >= 0.6 is 23.2 Å². The molecule has 4 rings (SSSR count). The van der Waals surface area contributed by atoms with Gasteiger partial charge in [0, 0.05) is 35.0 Å². The first-order valence-electron chi connectivity index (χ1n) is 10.0. The molecule has 0 saturated heterocycles. The molecule has 2 heterocycles. The first-order chi connectivity index (χ1) is 15.7. The second-order valence-electron chi connectivity index (χ2n) is 7.56. The molecule has 2 aromatic carbocycles. The van der Waals surface area contributed by atoms with Crippen LogP contribution in [0.2, 0.25) is 10.0 Å². The Balaban J connectivity index is 1.54. The Labute approximate surface area is 197 Å². The minimum absolute atomic E-state index is 0.0218. The fraction of sp³-hybridized carbons (Fsp3) is 0.273. The lowest BCUT2D eigenvalue weighted by molar-refractivity contribution is -0.136. The maximum absolute atomic E-state index is 12.9. The summed E-state index contributed by atoms with van der Waals surface area (Å²) in [6.45, 7) is -0.519. The molecule has 0 spiro atoms. The Morgan fingerprint density at radius 3 is 2.36 bits per heavy atom. The van der Waals surface area contributed by atoms with Crippen LogP contribution in [0, 0.1) is 0 Å². The number of halogens is 5. The predicted octanol–water partition coefficient (Wildman–Crippen LogP) is 5.41. The third-order valence-corrected chi connectivity index (χ3v) is 5.69. The fourth-order valence-corrected chi connectivity index (χ4v) is 3.79. The van der Waals surface area contributed by atoms with Crippen molar-refractivity contribution in [1.82, 2.24) is 14.3 Å². The predicted molar refractivity (Wildman–Crippen MR) is 122 cm³/mol. The molecule has 0 radical (unpaired) electrons. The van der Waals surface area contributed by atoms with Gasteiger partial charge < -0.3 is 0 Å². The normalized spacial score (nSPS) is 13.8. The van der Waals surface area contributed by atoms with Gasteiger partial charge >= 0.3 is 11.9 Å². The van der Waals surface area contributed by atoms with Crippen LogP contribution < -0.4 is 5.69 Å². The lowest BCUT2D eigenvalue weighted by Gasteiger charge is -2.08. The van der Waals surface area contributed by atoms with E-state index in [-0.39, 0.29) is 12.4 Å². The van der Waals surface area contributed by atoms with E-state index in [2.05, 4.69) is 15.3 Å². The minimum Gasteiger partial charge on any atom is -0.275 e. The fourth-order valence-electron chi connectivity index (χ4n) is 3.46. The summed E-state index contributed by atoms with van der Waals surface area (Å²) in [6.07, 6.45) is -4.62. The third kappa shape index (κ3) is 5.72. The standard InChI is InChI=1S/C22H18Cl2F3N5O/c23-16-7-5-14(6-8-16)20-30-32(21(33)31(20)10-9-22(25,26)27)13-18-12-17(28-29-18)11-15-3-1-2-4-19(15)24/h1-8H,9-13H2. The van der Waals surface area contributed by atoms with Crippen LogP contribution in [0.15, 0.2) is 63.5 Å². The molecule has 0 N–H and O–H groups in total. The number of hydrogen-bond acceptors (Lipinski definition) is 4. The molecule has 33 heavy (non-hydrogen) atoms. The SMILES string of the molecule is O=c1n(CC2=NN=C(Cc3ccccc3Cl)C2)nc(-c2ccc(Cl)cc2)n1CCC(F)(F)F. The number of rotatable bonds is 7. The van der Waals surface area contributed by atoms with Gasteiger partial charge in [0.05, 0.1) is 24.4 Å². The van der Waals surface area contributed by atoms with Crippen LogP contribution in [-0.2, 0) is 19.5 Å². The van der Waals surface area contributed by atoms with Crippen molar-refractivity contribution in [2.24, 2.45) is 10.2 Å². The van der Waals surface area contributed by atoms with E-state index in [4.69, 9.17) is 23.2 Å². The van der Waals surface area contributed by atoms with Crippen molar-refractivity contribution in [3.63, 3.8) is 0 Å². The zero-order valence-electron chi connectivity index (χ0n) is 17.2. The van der Waals surface area contributed by atoms with Crippen molar-refractivity contribution in [3.8, 4) is 11.4 Å². The quantitative estimate of drug-likeness (QED) is 0.439. The average molecular weight is 496 g/mol. The van der Waals surface area contributed by atoms with Crippen molar-refractivity contribution in [2.75, 3.05) is 0 Å². The number of hydrogen-bond donors (Lipinski definition) is 0. The number of nitrogens with zero attached hydrogens (tertiary/aromatic N) is 5. The highest BCUT2D eigenvalue weighted by atomic mass is 35.5. The molecule has 0 unspecified atom stereocenters. The first-order valence-corrected chi connectivity index (χ1v) is 10.8. The van der Waals surface area contributed by atoms with E-state index >= 15 is 0 Å². The van der Waals surface area contributed by atoms with Gasteiger partial charge in [0.25, 0.3) is 0 Å². The molecule has 6 nitrogen and oxygen atoms in total. The Kier molecular flexibility index (Phi) is 6.71. The summed E-state index contributed by atoms with van der Waals surface area (Å²) < 4.78 is 40.7. The largest absolute Gasteiger partial charge is 0.390 e. The molecular formula is C22H18Cl2F3N5O. The van der Waals surface area contributed by atoms with Gasteiger partial charge in [-0.15, -0.1) is 5.10 Å². The molecule has 0 fully saturated rings. The molecule has 0 amide bonds. The van der Waals surface area contributed by atoms with Crippen LogP contribution in [0.4, 0.5) is 13.2 Å². The summed E-state index contributed by atoms with van der Waals surface area (Å²) in [5.74, 6) is 0.136. The van der Waals surface area contributed by atoms with E-state index in [1.54, 1.807) is 30.3 Å². The zero-order chi connectivity index (χ0) is 23.6. The van der Waals surface area contributed by atoms with E-state index in [0.717, 1.165) is 20.5 Å².